The Hall–Kier alpha value is -2.24. The van der Waals surface area contributed by atoms with Gasteiger partial charge in [-0.05, 0) is 42.8 Å². The molecule has 7 heteroatoms. The predicted octanol–water partition coefficient (Wildman–Crippen LogP) is 4.60. The number of hydrazine groups is 1. The molecule has 1 heterocycles. The molecular formula is C18H18Cl2N2O3. The van der Waals surface area contributed by atoms with Crippen molar-refractivity contribution >= 4 is 41.1 Å². The highest BCUT2D eigenvalue weighted by molar-refractivity contribution is 6.35. The van der Waals surface area contributed by atoms with E-state index in [-0.39, 0.29) is 5.91 Å². The van der Waals surface area contributed by atoms with Crippen LogP contribution in [-0.4, -0.2) is 11.8 Å². The number of carbonyl (C=O) groups excluding carboxylic acids is 2. The molecular weight excluding hydrogens is 363 g/mol. The Morgan fingerprint density at radius 3 is 2.72 bits per heavy atom. The van der Waals surface area contributed by atoms with E-state index < -0.39 is 5.91 Å². The number of carbonyl (C=O) groups is 2. The zero-order valence-electron chi connectivity index (χ0n) is 13.6. The summed E-state index contributed by atoms with van der Waals surface area (Å²) >= 11 is 12.1. The molecule has 2 N–H and O–H groups in total. The number of halogens is 2. The van der Waals surface area contributed by atoms with Gasteiger partial charge in [-0.1, -0.05) is 36.5 Å². The number of hydrogen-bond donors (Lipinski definition) is 2. The third-order valence-corrected chi connectivity index (χ3v) is 3.87. The van der Waals surface area contributed by atoms with Crippen molar-refractivity contribution in [3.8, 4) is 11.3 Å². The first-order valence-corrected chi connectivity index (χ1v) is 8.57. The zero-order chi connectivity index (χ0) is 18.2. The van der Waals surface area contributed by atoms with Gasteiger partial charge in [0.2, 0.25) is 5.91 Å². The molecule has 1 aromatic carbocycles. The van der Waals surface area contributed by atoms with Crippen LogP contribution < -0.4 is 10.9 Å². The molecule has 2 rings (SSSR count). The first-order chi connectivity index (χ1) is 12.0. The van der Waals surface area contributed by atoms with Gasteiger partial charge in [0, 0.05) is 23.1 Å². The number of amides is 2. The maximum absolute atomic E-state index is 11.7. The Kier molecular flexibility index (Phi) is 7.10. The van der Waals surface area contributed by atoms with Gasteiger partial charge in [0.05, 0.1) is 5.02 Å². The molecule has 0 fully saturated rings. The highest BCUT2D eigenvalue weighted by atomic mass is 35.5. The predicted molar refractivity (Wildman–Crippen MR) is 99.0 cm³/mol. The third kappa shape index (κ3) is 5.96. The van der Waals surface area contributed by atoms with Crippen LogP contribution in [0, 0.1) is 0 Å². The molecule has 132 valence electrons. The Balaban J connectivity index is 1.94. The molecule has 0 spiro atoms. The fraction of sp³-hybridized carbons (Fsp3) is 0.222. The summed E-state index contributed by atoms with van der Waals surface area (Å²) in [5.41, 5.74) is 5.32. The average Bonchev–Trinajstić information content (AvgIpc) is 3.07. The van der Waals surface area contributed by atoms with Crippen LogP contribution in [0.15, 0.2) is 40.8 Å². The summed E-state index contributed by atoms with van der Waals surface area (Å²) in [5.74, 6) is 0.335. The van der Waals surface area contributed by atoms with Gasteiger partial charge < -0.3 is 4.42 Å². The summed E-state index contributed by atoms with van der Waals surface area (Å²) in [6, 6.07) is 8.52. The molecule has 0 unspecified atom stereocenters. The van der Waals surface area contributed by atoms with E-state index >= 15 is 0 Å². The summed E-state index contributed by atoms with van der Waals surface area (Å²) in [6.45, 7) is 1.99. The van der Waals surface area contributed by atoms with Crippen LogP contribution in [0.4, 0.5) is 0 Å². The second kappa shape index (κ2) is 9.30. The zero-order valence-corrected chi connectivity index (χ0v) is 15.2. The molecule has 5 nitrogen and oxygen atoms in total. The second-order valence-corrected chi connectivity index (χ2v) is 6.14. The SMILES string of the molecule is CCCCC(=O)NNC(=O)C=Cc1ccc(-c2cc(Cl)ccc2Cl)o1. The van der Waals surface area contributed by atoms with Crippen LogP contribution >= 0.6 is 23.2 Å². The van der Waals surface area contributed by atoms with Crippen LogP contribution in [0.3, 0.4) is 0 Å². The van der Waals surface area contributed by atoms with Crippen molar-refractivity contribution in [1.82, 2.24) is 10.9 Å². The quantitative estimate of drug-likeness (QED) is 0.567. The Bertz CT molecular complexity index is 784. The van der Waals surface area contributed by atoms with Crippen molar-refractivity contribution < 1.29 is 14.0 Å². The number of unbranched alkanes of at least 4 members (excludes halogenated alkanes) is 1. The van der Waals surface area contributed by atoms with Crippen molar-refractivity contribution in [3.05, 3.63) is 52.2 Å². The van der Waals surface area contributed by atoms with E-state index in [9.17, 15) is 9.59 Å². The largest absolute Gasteiger partial charge is 0.457 e. The minimum absolute atomic E-state index is 0.223. The van der Waals surface area contributed by atoms with Crippen molar-refractivity contribution in [3.63, 3.8) is 0 Å². The van der Waals surface area contributed by atoms with E-state index in [1.54, 1.807) is 30.3 Å². The molecule has 2 amide bonds. The van der Waals surface area contributed by atoms with Crippen molar-refractivity contribution in [1.29, 1.82) is 0 Å². The topological polar surface area (TPSA) is 71.3 Å². The number of rotatable bonds is 6. The smallest absolute Gasteiger partial charge is 0.262 e. The van der Waals surface area contributed by atoms with Gasteiger partial charge in [0.15, 0.2) is 0 Å². The van der Waals surface area contributed by atoms with Gasteiger partial charge >= 0.3 is 0 Å². The van der Waals surface area contributed by atoms with Crippen LogP contribution in [0.25, 0.3) is 17.4 Å². The molecule has 2 aromatic rings. The lowest BCUT2D eigenvalue weighted by Crippen LogP contribution is -2.40. The highest BCUT2D eigenvalue weighted by Gasteiger charge is 2.09. The van der Waals surface area contributed by atoms with Gasteiger partial charge in [-0.3, -0.25) is 20.4 Å². The second-order valence-electron chi connectivity index (χ2n) is 5.30. The summed E-state index contributed by atoms with van der Waals surface area (Å²) in [7, 11) is 0. The van der Waals surface area contributed by atoms with Crippen LogP contribution in [0.5, 0.6) is 0 Å². The molecule has 0 aliphatic rings. The van der Waals surface area contributed by atoms with Crippen LogP contribution in [0.2, 0.25) is 10.0 Å². The molecule has 0 saturated carbocycles. The summed E-state index contributed by atoms with van der Waals surface area (Å²) < 4.78 is 5.64. The van der Waals surface area contributed by atoms with E-state index in [0.29, 0.717) is 33.6 Å². The van der Waals surface area contributed by atoms with Gasteiger partial charge in [-0.15, -0.1) is 0 Å². The van der Waals surface area contributed by atoms with E-state index in [2.05, 4.69) is 10.9 Å². The van der Waals surface area contributed by atoms with E-state index in [1.165, 1.54) is 12.2 Å². The molecule has 0 aliphatic carbocycles. The Morgan fingerprint density at radius 1 is 1.16 bits per heavy atom. The fourth-order valence-corrected chi connectivity index (χ4v) is 2.39. The van der Waals surface area contributed by atoms with Gasteiger partial charge in [0.25, 0.3) is 5.91 Å². The molecule has 0 radical (unpaired) electrons. The first kappa shape index (κ1) is 19.1. The molecule has 1 aromatic heterocycles. The number of benzene rings is 1. The van der Waals surface area contributed by atoms with E-state index in [0.717, 1.165) is 12.8 Å². The van der Waals surface area contributed by atoms with Gasteiger partial charge in [-0.25, -0.2) is 0 Å². The van der Waals surface area contributed by atoms with Gasteiger partial charge in [0.1, 0.15) is 11.5 Å². The maximum Gasteiger partial charge on any atom is 0.262 e. The number of furan rings is 1. The van der Waals surface area contributed by atoms with Crippen molar-refractivity contribution in [2.45, 2.75) is 26.2 Å². The number of nitrogens with one attached hydrogen (secondary N) is 2. The first-order valence-electron chi connectivity index (χ1n) is 7.81. The molecule has 0 bridgehead atoms. The highest BCUT2D eigenvalue weighted by Crippen LogP contribution is 2.31. The average molecular weight is 381 g/mol. The molecule has 0 aliphatic heterocycles. The van der Waals surface area contributed by atoms with Crippen molar-refractivity contribution in [2.24, 2.45) is 0 Å². The minimum Gasteiger partial charge on any atom is -0.457 e. The fourth-order valence-electron chi connectivity index (χ4n) is 2.00. The summed E-state index contributed by atoms with van der Waals surface area (Å²) in [4.78, 5) is 23.1. The maximum atomic E-state index is 11.7. The molecule has 0 saturated heterocycles. The van der Waals surface area contributed by atoms with E-state index in [1.807, 2.05) is 6.92 Å². The monoisotopic (exact) mass is 380 g/mol. The Morgan fingerprint density at radius 2 is 1.96 bits per heavy atom. The Labute approximate surface area is 156 Å². The minimum atomic E-state index is -0.455. The third-order valence-electron chi connectivity index (χ3n) is 3.30. The normalized spacial score (nSPS) is 10.8. The van der Waals surface area contributed by atoms with Crippen LogP contribution in [-0.2, 0) is 9.59 Å². The summed E-state index contributed by atoms with van der Waals surface area (Å²) in [6.07, 6.45) is 4.83. The van der Waals surface area contributed by atoms with Crippen LogP contribution in [0.1, 0.15) is 31.9 Å². The number of hydrogen-bond acceptors (Lipinski definition) is 3. The lowest BCUT2D eigenvalue weighted by atomic mass is 10.2. The van der Waals surface area contributed by atoms with Crippen molar-refractivity contribution in [2.75, 3.05) is 0 Å². The summed E-state index contributed by atoms with van der Waals surface area (Å²) in [5, 5.41) is 1.06. The molecule has 0 atom stereocenters. The lowest BCUT2D eigenvalue weighted by Gasteiger charge is -2.04. The van der Waals surface area contributed by atoms with Gasteiger partial charge in [-0.2, -0.15) is 0 Å². The van der Waals surface area contributed by atoms with E-state index in [4.69, 9.17) is 27.6 Å². The lowest BCUT2D eigenvalue weighted by molar-refractivity contribution is -0.126. The molecule has 25 heavy (non-hydrogen) atoms. The standard InChI is InChI=1S/C18H18Cl2N2O3/c1-2-3-4-17(23)21-22-18(24)10-7-13-6-9-16(25-13)14-11-12(19)5-8-15(14)20/h5-11H,2-4H2,1H3,(H,21,23)(H,22,24).